The first kappa shape index (κ1) is 17.5. The molecule has 0 radical (unpaired) electrons. The third kappa shape index (κ3) is 5.35. The van der Waals surface area contributed by atoms with Gasteiger partial charge >= 0.3 is 0 Å². The molecule has 1 aliphatic rings. The minimum atomic E-state index is -0.471. The Kier molecular flexibility index (Phi) is 6.11. The van der Waals surface area contributed by atoms with Gasteiger partial charge in [-0.05, 0) is 17.7 Å². The first-order valence-corrected chi connectivity index (χ1v) is 8.58. The van der Waals surface area contributed by atoms with E-state index in [0.29, 0.717) is 13.1 Å². The Morgan fingerprint density at radius 1 is 1.08 bits per heavy atom. The fourth-order valence-electron chi connectivity index (χ4n) is 3.00. The van der Waals surface area contributed by atoms with Crippen LogP contribution in [0.15, 0.2) is 54.9 Å². The maximum absolute atomic E-state index is 12.1. The molecule has 0 saturated carbocycles. The number of nitrogens with zero attached hydrogens (tertiary/aromatic N) is 3. The molecule has 0 unspecified atom stereocenters. The smallest absolute Gasteiger partial charge is 0.238 e. The third-order valence-electron chi connectivity index (χ3n) is 4.39. The van der Waals surface area contributed by atoms with E-state index in [2.05, 4.69) is 20.1 Å². The zero-order valence-electron chi connectivity index (χ0n) is 14.2. The Bertz CT molecular complexity index is 658. The number of nitrogens with one attached hydrogen (secondary N) is 1. The Morgan fingerprint density at radius 3 is 2.48 bits per heavy atom. The Morgan fingerprint density at radius 2 is 1.80 bits per heavy atom. The summed E-state index contributed by atoms with van der Waals surface area (Å²) in [6.07, 6.45) is 2.85. The molecule has 2 heterocycles. The first-order chi connectivity index (χ1) is 12.2. The number of carbonyl (C=O) groups excluding carboxylic acids is 1. The van der Waals surface area contributed by atoms with Crippen LogP contribution in [-0.4, -0.2) is 65.1 Å². The van der Waals surface area contributed by atoms with Crippen molar-refractivity contribution in [2.75, 3.05) is 44.6 Å². The molecule has 25 heavy (non-hydrogen) atoms. The number of amides is 1. The highest BCUT2D eigenvalue weighted by Gasteiger charge is 2.21. The standard InChI is InChI=1S/C19H24N4O2/c24-18(16-5-2-1-3-6-16)14-22-9-11-23(12-10-22)15-19(25)21-17-7-4-8-20-13-17/h1-8,13,18,24H,9-12,14-15H2,(H,21,25)/t18-/m0/s1. The number of aliphatic hydroxyl groups excluding tert-OH is 1. The van der Waals surface area contributed by atoms with Crippen molar-refractivity contribution in [1.29, 1.82) is 0 Å². The van der Waals surface area contributed by atoms with Crippen molar-refractivity contribution in [3.8, 4) is 0 Å². The highest BCUT2D eigenvalue weighted by molar-refractivity contribution is 5.92. The van der Waals surface area contributed by atoms with Crippen molar-refractivity contribution in [3.05, 3.63) is 60.4 Å². The van der Waals surface area contributed by atoms with E-state index in [0.717, 1.165) is 37.4 Å². The fraction of sp³-hybridized carbons (Fsp3) is 0.368. The van der Waals surface area contributed by atoms with Gasteiger partial charge in [0, 0.05) is 38.9 Å². The predicted octanol–water partition coefficient (Wildman–Crippen LogP) is 1.37. The number of piperazine rings is 1. The number of benzene rings is 1. The van der Waals surface area contributed by atoms with Crippen LogP contribution in [-0.2, 0) is 4.79 Å². The number of hydrogen-bond donors (Lipinski definition) is 2. The molecule has 1 saturated heterocycles. The van der Waals surface area contributed by atoms with Gasteiger partial charge < -0.3 is 10.4 Å². The highest BCUT2D eigenvalue weighted by atomic mass is 16.3. The number of hydrogen-bond acceptors (Lipinski definition) is 5. The van der Waals surface area contributed by atoms with Gasteiger partial charge in [-0.25, -0.2) is 0 Å². The molecule has 1 atom stereocenters. The van der Waals surface area contributed by atoms with Crippen molar-refractivity contribution < 1.29 is 9.90 Å². The molecule has 1 aliphatic heterocycles. The van der Waals surface area contributed by atoms with E-state index in [9.17, 15) is 9.90 Å². The van der Waals surface area contributed by atoms with E-state index in [1.54, 1.807) is 18.5 Å². The molecule has 0 bridgehead atoms. The SMILES string of the molecule is O=C(CN1CCN(C[C@H](O)c2ccccc2)CC1)Nc1cccnc1. The van der Waals surface area contributed by atoms with E-state index in [1.165, 1.54) is 0 Å². The quantitative estimate of drug-likeness (QED) is 0.831. The summed E-state index contributed by atoms with van der Waals surface area (Å²) in [4.78, 5) is 20.5. The van der Waals surface area contributed by atoms with Crippen molar-refractivity contribution in [1.82, 2.24) is 14.8 Å². The predicted molar refractivity (Wildman–Crippen MR) is 97.1 cm³/mol. The van der Waals surface area contributed by atoms with Gasteiger partial charge in [-0.3, -0.25) is 19.6 Å². The average Bonchev–Trinajstić information content (AvgIpc) is 2.65. The maximum Gasteiger partial charge on any atom is 0.238 e. The molecule has 2 aromatic rings. The van der Waals surface area contributed by atoms with Gasteiger partial charge in [0.05, 0.1) is 24.5 Å². The largest absolute Gasteiger partial charge is 0.387 e. The highest BCUT2D eigenvalue weighted by Crippen LogP contribution is 2.15. The monoisotopic (exact) mass is 340 g/mol. The third-order valence-corrected chi connectivity index (χ3v) is 4.39. The van der Waals surface area contributed by atoms with Crippen LogP contribution in [0.5, 0.6) is 0 Å². The maximum atomic E-state index is 12.1. The van der Waals surface area contributed by atoms with Crippen LogP contribution in [0.25, 0.3) is 0 Å². The lowest BCUT2D eigenvalue weighted by atomic mass is 10.1. The second kappa shape index (κ2) is 8.71. The van der Waals surface area contributed by atoms with Crippen molar-refractivity contribution in [2.45, 2.75) is 6.10 Å². The van der Waals surface area contributed by atoms with Gasteiger partial charge in [0.2, 0.25) is 5.91 Å². The molecular weight excluding hydrogens is 316 g/mol. The number of aromatic nitrogens is 1. The van der Waals surface area contributed by atoms with Gasteiger partial charge in [0.25, 0.3) is 0 Å². The summed E-state index contributed by atoms with van der Waals surface area (Å²) in [5.74, 6) is -0.0224. The molecule has 132 valence electrons. The van der Waals surface area contributed by atoms with Crippen molar-refractivity contribution in [2.24, 2.45) is 0 Å². The van der Waals surface area contributed by atoms with Crippen molar-refractivity contribution in [3.63, 3.8) is 0 Å². The molecular formula is C19H24N4O2. The number of rotatable bonds is 6. The van der Waals surface area contributed by atoms with Crippen LogP contribution in [0.4, 0.5) is 5.69 Å². The molecule has 3 rings (SSSR count). The molecule has 6 nitrogen and oxygen atoms in total. The van der Waals surface area contributed by atoms with E-state index in [-0.39, 0.29) is 5.91 Å². The normalized spacial score (nSPS) is 17.2. The zero-order valence-corrected chi connectivity index (χ0v) is 14.2. The molecule has 1 aromatic carbocycles. The summed E-state index contributed by atoms with van der Waals surface area (Å²) in [7, 11) is 0. The van der Waals surface area contributed by atoms with E-state index in [4.69, 9.17) is 0 Å². The van der Waals surface area contributed by atoms with Gasteiger partial charge in [0.15, 0.2) is 0 Å². The van der Waals surface area contributed by atoms with Crippen LogP contribution in [0.2, 0.25) is 0 Å². The molecule has 0 aliphatic carbocycles. The number of anilines is 1. The molecule has 0 spiro atoms. The number of β-amino-alcohol motifs (C(OH)–C–C–N with tert-alkyl or cyclic N) is 1. The topological polar surface area (TPSA) is 68.7 Å². The minimum absolute atomic E-state index is 0.0224. The fourth-order valence-corrected chi connectivity index (χ4v) is 3.00. The summed E-state index contributed by atoms with van der Waals surface area (Å²) >= 11 is 0. The summed E-state index contributed by atoms with van der Waals surface area (Å²) in [5.41, 5.74) is 1.66. The van der Waals surface area contributed by atoms with Gasteiger partial charge in [-0.15, -0.1) is 0 Å². The molecule has 2 N–H and O–H groups in total. The van der Waals surface area contributed by atoms with Crippen LogP contribution in [0.1, 0.15) is 11.7 Å². The van der Waals surface area contributed by atoms with Gasteiger partial charge in [0.1, 0.15) is 0 Å². The summed E-state index contributed by atoms with van der Waals surface area (Å²) < 4.78 is 0. The van der Waals surface area contributed by atoms with E-state index in [1.807, 2.05) is 36.4 Å². The van der Waals surface area contributed by atoms with Gasteiger partial charge in [-0.2, -0.15) is 0 Å². The first-order valence-electron chi connectivity index (χ1n) is 8.58. The van der Waals surface area contributed by atoms with Gasteiger partial charge in [-0.1, -0.05) is 30.3 Å². The summed E-state index contributed by atoms with van der Waals surface area (Å²) in [6.45, 7) is 4.35. The summed E-state index contributed by atoms with van der Waals surface area (Å²) in [5, 5.41) is 13.2. The Hall–Kier alpha value is -2.28. The van der Waals surface area contributed by atoms with E-state index < -0.39 is 6.10 Å². The number of pyridine rings is 1. The molecule has 1 amide bonds. The molecule has 6 heteroatoms. The second-order valence-electron chi connectivity index (χ2n) is 6.29. The van der Waals surface area contributed by atoms with Crippen LogP contribution in [0, 0.1) is 0 Å². The van der Waals surface area contributed by atoms with Crippen LogP contribution in [0.3, 0.4) is 0 Å². The lowest BCUT2D eigenvalue weighted by Gasteiger charge is -2.35. The second-order valence-corrected chi connectivity index (χ2v) is 6.29. The molecule has 1 aromatic heterocycles. The lowest BCUT2D eigenvalue weighted by molar-refractivity contribution is -0.117. The Labute approximate surface area is 148 Å². The van der Waals surface area contributed by atoms with Crippen LogP contribution >= 0.6 is 0 Å². The minimum Gasteiger partial charge on any atom is -0.387 e. The Balaban J connectivity index is 1.40. The number of aliphatic hydroxyl groups is 1. The lowest BCUT2D eigenvalue weighted by Crippen LogP contribution is -2.49. The van der Waals surface area contributed by atoms with Crippen LogP contribution < -0.4 is 5.32 Å². The molecule has 1 fully saturated rings. The zero-order chi connectivity index (χ0) is 17.5. The number of carbonyl (C=O) groups is 1. The average molecular weight is 340 g/mol. The summed E-state index contributed by atoms with van der Waals surface area (Å²) in [6, 6.07) is 13.4. The van der Waals surface area contributed by atoms with E-state index >= 15 is 0 Å². The van der Waals surface area contributed by atoms with Crippen molar-refractivity contribution >= 4 is 11.6 Å².